The van der Waals surface area contributed by atoms with Crippen LogP contribution >= 0.6 is 0 Å². The fourth-order valence-corrected chi connectivity index (χ4v) is 5.04. The summed E-state index contributed by atoms with van der Waals surface area (Å²) in [5.74, 6) is -2.73. The third-order valence-electron chi connectivity index (χ3n) is 6.96. The molecule has 0 bridgehead atoms. The van der Waals surface area contributed by atoms with Crippen molar-refractivity contribution in [3.63, 3.8) is 0 Å². The van der Waals surface area contributed by atoms with E-state index in [1.807, 2.05) is 12.1 Å². The first kappa shape index (κ1) is 24.9. The van der Waals surface area contributed by atoms with Crippen molar-refractivity contribution in [3.8, 4) is 0 Å². The first-order valence-corrected chi connectivity index (χ1v) is 11.9. The van der Waals surface area contributed by atoms with E-state index in [0.717, 1.165) is 10.1 Å². The number of hydrazine groups is 1. The van der Waals surface area contributed by atoms with Crippen LogP contribution in [0.2, 0.25) is 0 Å². The van der Waals surface area contributed by atoms with Crippen molar-refractivity contribution in [1.82, 2.24) is 30.5 Å². The highest BCUT2D eigenvalue weighted by molar-refractivity contribution is 5.96. The zero-order chi connectivity index (χ0) is 26.5. The third kappa shape index (κ3) is 4.35. The lowest BCUT2D eigenvalue weighted by Crippen LogP contribution is -2.46. The molecule has 3 aromatic rings. The molecule has 12 heteroatoms. The van der Waals surface area contributed by atoms with Crippen molar-refractivity contribution < 1.29 is 27.2 Å². The molecule has 1 aromatic heterocycles. The number of benzene rings is 2. The minimum atomic E-state index is -4.68. The van der Waals surface area contributed by atoms with Gasteiger partial charge in [-0.2, -0.15) is 13.2 Å². The maximum Gasteiger partial charge on any atom is 0.451 e. The molecule has 194 valence electrons. The van der Waals surface area contributed by atoms with Crippen LogP contribution < -0.4 is 10.9 Å². The van der Waals surface area contributed by atoms with Crippen molar-refractivity contribution in [2.24, 2.45) is 0 Å². The molecule has 2 amide bonds. The fourth-order valence-electron chi connectivity index (χ4n) is 5.04. The Morgan fingerprint density at radius 1 is 1.16 bits per heavy atom. The minimum Gasteiger partial charge on any atom is -0.326 e. The number of halogens is 4. The number of carbonyl (C=O) groups is 2. The first-order valence-electron chi connectivity index (χ1n) is 11.9. The standard InChI is InChI=1S/C25H24F4N6O2/c1-3-15-12-34(13(2)21-31-33-24(35(15)21)25(27,28)29)23(37)18-10-14(8-9-19(18)26)11-20-16-6-4-5-7-17(16)22(36)32-30-20/h4-10,13,15,20,30H,3,11-12H2,1-2H3,(H,32,36). The topological polar surface area (TPSA) is 92.2 Å². The summed E-state index contributed by atoms with van der Waals surface area (Å²) in [5, 5.41) is 7.08. The van der Waals surface area contributed by atoms with E-state index in [1.54, 1.807) is 32.0 Å². The highest BCUT2D eigenvalue weighted by Gasteiger charge is 2.44. The number of nitrogens with one attached hydrogen (secondary N) is 2. The van der Waals surface area contributed by atoms with Crippen LogP contribution in [0.15, 0.2) is 42.5 Å². The monoisotopic (exact) mass is 516 g/mol. The quantitative estimate of drug-likeness (QED) is 0.509. The maximum atomic E-state index is 14.9. The average Bonchev–Trinajstić information content (AvgIpc) is 3.34. The number of rotatable bonds is 4. The summed E-state index contributed by atoms with van der Waals surface area (Å²) >= 11 is 0. The van der Waals surface area contributed by atoms with Crippen LogP contribution in [0.4, 0.5) is 17.6 Å². The van der Waals surface area contributed by atoms with Crippen LogP contribution in [0.3, 0.4) is 0 Å². The van der Waals surface area contributed by atoms with Gasteiger partial charge >= 0.3 is 6.18 Å². The van der Waals surface area contributed by atoms with E-state index in [-0.39, 0.29) is 29.9 Å². The van der Waals surface area contributed by atoms with Crippen molar-refractivity contribution in [2.45, 2.75) is 51.0 Å². The molecule has 2 aliphatic heterocycles. The molecule has 2 aromatic carbocycles. The Morgan fingerprint density at radius 3 is 2.65 bits per heavy atom. The van der Waals surface area contributed by atoms with Crippen LogP contribution in [-0.4, -0.2) is 38.0 Å². The predicted molar refractivity (Wildman–Crippen MR) is 124 cm³/mol. The number of hydrogen-bond donors (Lipinski definition) is 2. The second kappa shape index (κ2) is 9.25. The highest BCUT2D eigenvalue weighted by atomic mass is 19.4. The second-order valence-corrected chi connectivity index (χ2v) is 9.20. The zero-order valence-electron chi connectivity index (χ0n) is 20.0. The third-order valence-corrected chi connectivity index (χ3v) is 6.96. The summed E-state index contributed by atoms with van der Waals surface area (Å²) in [6.45, 7) is 3.22. The van der Waals surface area contributed by atoms with Gasteiger partial charge in [-0.3, -0.25) is 15.0 Å². The van der Waals surface area contributed by atoms with E-state index >= 15 is 0 Å². The normalized spacial score (nSPS) is 21.3. The lowest BCUT2D eigenvalue weighted by atomic mass is 9.92. The first-order chi connectivity index (χ1) is 17.6. The molecular weight excluding hydrogens is 492 g/mol. The van der Waals surface area contributed by atoms with Gasteiger partial charge in [-0.1, -0.05) is 31.2 Å². The van der Waals surface area contributed by atoms with Crippen LogP contribution in [0.25, 0.3) is 0 Å². The predicted octanol–water partition coefficient (Wildman–Crippen LogP) is 4.14. The van der Waals surface area contributed by atoms with Gasteiger partial charge < -0.3 is 9.47 Å². The van der Waals surface area contributed by atoms with E-state index < -0.39 is 35.8 Å². The number of carbonyl (C=O) groups excluding carboxylic acids is 2. The number of aromatic nitrogens is 3. The molecule has 0 saturated heterocycles. The van der Waals surface area contributed by atoms with Crippen molar-refractivity contribution >= 4 is 11.8 Å². The molecular formula is C25H24F4N6O2. The molecule has 0 radical (unpaired) electrons. The summed E-state index contributed by atoms with van der Waals surface area (Å²) in [6.07, 6.45) is -4.03. The Bertz CT molecular complexity index is 1370. The highest BCUT2D eigenvalue weighted by Crippen LogP contribution is 2.38. The zero-order valence-corrected chi connectivity index (χ0v) is 20.0. The van der Waals surface area contributed by atoms with Crippen molar-refractivity contribution in [1.29, 1.82) is 0 Å². The Labute approximate surface area is 209 Å². The molecule has 0 fully saturated rings. The van der Waals surface area contributed by atoms with E-state index in [2.05, 4.69) is 21.0 Å². The summed E-state index contributed by atoms with van der Waals surface area (Å²) in [5.41, 5.74) is 7.33. The van der Waals surface area contributed by atoms with Gasteiger partial charge in [0.15, 0.2) is 5.82 Å². The largest absolute Gasteiger partial charge is 0.451 e. The van der Waals surface area contributed by atoms with E-state index in [9.17, 15) is 27.2 Å². The second-order valence-electron chi connectivity index (χ2n) is 9.20. The van der Waals surface area contributed by atoms with Gasteiger partial charge in [0.25, 0.3) is 11.8 Å². The molecule has 8 nitrogen and oxygen atoms in total. The number of fused-ring (bicyclic) bond motifs is 2. The van der Waals surface area contributed by atoms with Gasteiger partial charge in [0.2, 0.25) is 5.82 Å². The number of nitrogens with zero attached hydrogens (tertiary/aromatic N) is 4. The molecule has 37 heavy (non-hydrogen) atoms. The Morgan fingerprint density at radius 2 is 1.92 bits per heavy atom. The average molecular weight is 516 g/mol. The summed E-state index contributed by atoms with van der Waals surface area (Å²) in [4.78, 5) is 27.0. The van der Waals surface area contributed by atoms with Crippen molar-refractivity contribution in [2.75, 3.05) is 6.54 Å². The molecule has 2 aliphatic rings. The summed E-state index contributed by atoms with van der Waals surface area (Å²) in [6, 6.07) is 9.47. The molecule has 3 heterocycles. The van der Waals surface area contributed by atoms with E-state index in [1.165, 1.54) is 17.0 Å². The molecule has 0 saturated carbocycles. The molecule has 5 rings (SSSR count). The summed E-state index contributed by atoms with van der Waals surface area (Å²) in [7, 11) is 0. The lowest BCUT2D eigenvalue weighted by molar-refractivity contribution is -0.148. The van der Waals surface area contributed by atoms with Gasteiger partial charge in [0, 0.05) is 12.1 Å². The SMILES string of the molecule is CCC1CN(C(=O)c2cc(CC3NNC(=O)c4ccccc43)ccc2F)C(C)c2nnc(C(F)(F)F)n21. The van der Waals surface area contributed by atoms with Crippen LogP contribution in [0.5, 0.6) is 0 Å². The van der Waals surface area contributed by atoms with Gasteiger partial charge in [0.05, 0.1) is 23.7 Å². The lowest BCUT2D eigenvalue weighted by Gasteiger charge is -2.38. The van der Waals surface area contributed by atoms with E-state index in [4.69, 9.17) is 0 Å². The van der Waals surface area contributed by atoms with Crippen LogP contribution in [0, 0.1) is 5.82 Å². The Kier molecular flexibility index (Phi) is 6.22. The summed E-state index contributed by atoms with van der Waals surface area (Å²) < 4.78 is 56.4. The van der Waals surface area contributed by atoms with Gasteiger partial charge in [-0.15, -0.1) is 10.2 Å². The fraction of sp³-hybridized carbons (Fsp3) is 0.360. The van der Waals surface area contributed by atoms with Gasteiger partial charge in [-0.25, -0.2) is 9.82 Å². The smallest absolute Gasteiger partial charge is 0.326 e. The molecule has 0 aliphatic carbocycles. The van der Waals surface area contributed by atoms with Crippen LogP contribution in [-0.2, 0) is 12.6 Å². The molecule has 0 spiro atoms. The Balaban J connectivity index is 1.44. The number of alkyl halides is 3. The molecule has 3 atom stereocenters. The van der Waals surface area contributed by atoms with Crippen molar-refractivity contribution in [3.05, 3.63) is 82.2 Å². The Hall–Kier alpha value is -3.80. The number of hydrogen-bond acceptors (Lipinski definition) is 5. The molecule has 3 unspecified atom stereocenters. The minimum absolute atomic E-state index is 0.00842. The van der Waals surface area contributed by atoms with Gasteiger partial charge in [-0.05, 0) is 49.1 Å². The maximum absolute atomic E-state index is 14.9. The van der Waals surface area contributed by atoms with E-state index in [0.29, 0.717) is 24.0 Å². The number of amides is 2. The molecule has 2 N–H and O–H groups in total. The van der Waals surface area contributed by atoms with Crippen LogP contribution in [0.1, 0.15) is 81.9 Å². The van der Waals surface area contributed by atoms with Gasteiger partial charge in [0.1, 0.15) is 5.82 Å².